The highest BCUT2D eigenvalue weighted by Gasteiger charge is 2.37. The molecule has 3 rings (SSSR count). The number of aliphatic hydroxyl groups is 1. The molecule has 0 atom stereocenters. The minimum Gasteiger partial charge on any atom is -0.481 e. The van der Waals surface area contributed by atoms with Crippen LogP contribution in [-0.2, 0) is 5.60 Å². The molecule has 106 valence electrons. The van der Waals surface area contributed by atoms with Gasteiger partial charge in [0.15, 0.2) is 0 Å². The molecule has 0 radical (unpaired) electrons. The van der Waals surface area contributed by atoms with E-state index in [1.165, 1.54) is 0 Å². The van der Waals surface area contributed by atoms with Crippen molar-refractivity contribution in [3.8, 4) is 17.3 Å². The lowest BCUT2D eigenvalue weighted by Gasteiger charge is -2.27. The van der Waals surface area contributed by atoms with Gasteiger partial charge in [0.25, 0.3) is 5.89 Å². The van der Waals surface area contributed by atoms with Crippen LogP contribution < -0.4 is 4.74 Å². The van der Waals surface area contributed by atoms with Gasteiger partial charge in [-0.3, -0.25) is 0 Å². The number of rotatable bonds is 3. The van der Waals surface area contributed by atoms with Crippen molar-refractivity contribution in [2.45, 2.75) is 37.7 Å². The first-order valence-electron chi connectivity index (χ1n) is 6.78. The number of pyridine rings is 1. The number of hydrogen-bond acceptors (Lipinski definition) is 6. The van der Waals surface area contributed by atoms with Crippen molar-refractivity contribution < 1.29 is 14.4 Å². The highest BCUT2D eigenvalue weighted by Crippen LogP contribution is 2.36. The summed E-state index contributed by atoms with van der Waals surface area (Å²) in [6, 6.07) is 3.55. The van der Waals surface area contributed by atoms with E-state index < -0.39 is 5.60 Å². The van der Waals surface area contributed by atoms with Crippen molar-refractivity contribution >= 4 is 0 Å². The second-order valence-corrected chi connectivity index (χ2v) is 5.10. The number of methoxy groups -OCH3 is 1. The third kappa shape index (κ3) is 2.38. The Hall–Kier alpha value is -1.95. The Morgan fingerprint density at radius 1 is 1.25 bits per heavy atom. The minimum absolute atomic E-state index is 0.308. The van der Waals surface area contributed by atoms with Gasteiger partial charge in [-0.05, 0) is 18.9 Å². The predicted molar refractivity (Wildman–Crippen MR) is 71.1 cm³/mol. The first-order chi connectivity index (χ1) is 9.71. The summed E-state index contributed by atoms with van der Waals surface area (Å²) in [4.78, 5) is 8.43. The zero-order chi connectivity index (χ0) is 14.0. The molecular weight excluding hydrogens is 258 g/mol. The molecule has 1 aliphatic rings. The Morgan fingerprint density at radius 3 is 2.70 bits per heavy atom. The van der Waals surface area contributed by atoms with E-state index >= 15 is 0 Å². The largest absolute Gasteiger partial charge is 0.481 e. The first kappa shape index (κ1) is 13.1. The summed E-state index contributed by atoms with van der Waals surface area (Å²) in [5, 5.41) is 14.5. The summed E-state index contributed by atoms with van der Waals surface area (Å²) in [5.74, 6) is 1.28. The number of nitrogens with zero attached hydrogens (tertiary/aromatic N) is 3. The molecular formula is C14H17N3O3. The van der Waals surface area contributed by atoms with Crippen molar-refractivity contribution in [2.75, 3.05) is 7.11 Å². The summed E-state index contributed by atoms with van der Waals surface area (Å²) >= 11 is 0. The SMILES string of the molecule is COc1ccc(-c2noc(C3(O)CCCCC3)n2)cn1. The van der Waals surface area contributed by atoms with E-state index in [-0.39, 0.29) is 0 Å². The van der Waals surface area contributed by atoms with Gasteiger partial charge >= 0.3 is 0 Å². The van der Waals surface area contributed by atoms with Gasteiger partial charge in [0.2, 0.25) is 11.7 Å². The molecule has 6 heteroatoms. The number of hydrogen-bond donors (Lipinski definition) is 1. The average Bonchev–Trinajstić information content (AvgIpc) is 2.99. The maximum absolute atomic E-state index is 10.6. The van der Waals surface area contributed by atoms with Crippen LogP contribution >= 0.6 is 0 Å². The number of ether oxygens (including phenoxy) is 1. The van der Waals surface area contributed by atoms with Gasteiger partial charge in [0, 0.05) is 17.8 Å². The molecule has 0 aromatic carbocycles. The molecule has 0 saturated heterocycles. The summed E-state index contributed by atoms with van der Waals surface area (Å²) in [7, 11) is 1.56. The molecule has 2 aromatic rings. The van der Waals surface area contributed by atoms with E-state index in [1.54, 1.807) is 19.4 Å². The zero-order valence-electron chi connectivity index (χ0n) is 11.4. The Morgan fingerprint density at radius 2 is 2.05 bits per heavy atom. The van der Waals surface area contributed by atoms with Gasteiger partial charge in [-0.15, -0.1) is 0 Å². The standard InChI is InChI=1S/C14H17N3O3/c1-19-11-6-5-10(9-15-11)12-16-13(20-17-12)14(18)7-3-2-4-8-14/h5-6,9,18H,2-4,7-8H2,1H3. The fourth-order valence-electron chi connectivity index (χ4n) is 2.51. The monoisotopic (exact) mass is 275 g/mol. The summed E-state index contributed by atoms with van der Waals surface area (Å²) in [6.07, 6.45) is 6.09. The Balaban J connectivity index is 1.85. The molecule has 1 N–H and O–H groups in total. The van der Waals surface area contributed by atoms with E-state index in [2.05, 4.69) is 15.1 Å². The van der Waals surface area contributed by atoms with Gasteiger partial charge in [0.05, 0.1) is 7.11 Å². The summed E-state index contributed by atoms with van der Waals surface area (Å²) < 4.78 is 10.3. The molecule has 2 heterocycles. The molecule has 0 unspecified atom stereocenters. The van der Waals surface area contributed by atoms with E-state index in [0.717, 1.165) is 24.8 Å². The highest BCUT2D eigenvalue weighted by atomic mass is 16.5. The third-order valence-corrected chi connectivity index (χ3v) is 3.71. The van der Waals surface area contributed by atoms with E-state index in [1.807, 2.05) is 6.07 Å². The van der Waals surface area contributed by atoms with Crippen LogP contribution in [0.5, 0.6) is 5.88 Å². The van der Waals surface area contributed by atoms with Gasteiger partial charge < -0.3 is 14.4 Å². The van der Waals surface area contributed by atoms with Crippen LogP contribution in [0.25, 0.3) is 11.4 Å². The van der Waals surface area contributed by atoms with Crippen molar-refractivity contribution in [2.24, 2.45) is 0 Å². The van der Waals surface area contributed by atoms with Crippen LogP contribution in [0.2, 0.25) is 0 Å². The van der Waals surface area contributed by atoms with Gasteiger partial charge in [0.1, 0.15) is 5.60 Å². The van der Waals surface area contributed by atoms with E-state index in [9.17, 15) is 5.11 Å². The summed E-state index contributed by atoms with van der Waals surface area (Å²) in [5.41, 5.74) is -0.233. The second kappa shape index (κ2) is 5.20. The lowest BCUT2D eigenvalue weighted by atomic mass is 9.85. The van der Waals surface area contributed by atoms with Crippen LogP contribution in [0.4, 0.5) is 0 Å². The van der Waals surface area contributed by atoms with Crippen LogP contribution in [0.15, 0.2) is 22.9 Å². The van der Waals surface area contributed by atoms with Crippen LogP contribution in [0.3, 0.4) is 0 Å². The fraction of sp³-hybridized carbons (Fsp3) is 0.500. The zero-order valence-corrected chi connectivity index (χ0v) is 11.4. The molecule has 0 aliphatic heterocycles. The number of aromatic nitrogens is 3. The molecule has 20 heavy (non-hydrogen) atoms. The third-order valence-electron chi connectivity index (χ3n) is 3.71. The molecule has 0 bridgehead atoms. The average molecular weight is 275 g/mol. The normalized spacial score (nSPS) is 17.9. The van der Waals surface area contributed by atoms with Gasteiger partial charge in [-0.2, -0.15) is 4.98 Å². The molecule has 1 fully saturated rings. The maximum Gasteiger partial charge on any atom is 0.258 e. The quantitative estimate of drug-likeness (QED) is 0.925. The summed E-state index contributed by atoms with van der Waals surface area (Å²) in [6.45, 7) is 0. The second-order valence-electron chi connectivity index (χ2n) is 5.10. The van der Waals surface area contributed by atoms with Crippen molar-refractivity contribution in [3.05, 3.63) is 24.2 Å². The van der Waals surface area contributed by atoms with Crippen LogP contribution in [0, 0.1) is 0 Å². The lowest BCUT2D eigenvalue weighted by Crippen LogP contribution is -2.28. The molecule has 1 aliphatic carbocycles. The Labute approximate surface area is 116 Å². The fourth-order valence-corrected chi connectivity index (χ4v) is 2.51. The van der Waals surface area contributed by atoms with Crippen molar-refractivity contribution in [1.82, 2.24) is 15.1 Å². The van der Waals surface area contributed by atoms with Crippen LogP contribution in [0.1, 0.15) is 38.0 Å². The molecule has 1 saturated carbocycles. The van der Waals surface area contributed by atoms with Crippen molar-refractivity contribution in [3.63, 3.8) is 0 Å². The smallest absolute Gasteiger partial charge is 0.258 e. The van der Waals surface area contributed by atoms with Crippen molar-refractivity contribution in [1.29, 1.82) is 0 Å². The van der Waals surface area contributed by atoms with Gasteiger partial charge in [-0.1, -0.05) is 24.4 Å². The molecule has 0 spiro atoms. The minimum atomic E-state index is -0.969. The van der Waals surface area contributed by atoms with Crippen LogP contribution in [-0.4, -0.2) is 27.3 Å². The Bertz CT molecular complexity index is 574. The topological polar surface area (TPSA) is 81.3 Å². The van der Waals surface area contributed by atoms with E-state index in [4.69, 9.17) is 9.26 Å². The molecule has 6 nitrogen and oxygen atoms in total. The highest BCUT2D eigenvalue weighted by molar-refractivity contribution is 5.53. The van der Waals surface area contributed by atoms with E-state index in [0.29, 0.717) is 30.4 Å². The molecule has 0 amide bonds. The lowest BCUT2D eigenvalue weighted by molar-refractivity contribution is -0.0287. The predicted octanol–water partition coefficient (Wildman–Crippen LogP) is 2.29. The van der Waals surface area contributed by atoms with Gasteiger partial charge in [-0.25, -0.2) is 4.98 Å². The maximum atomic E-state index is 10.6. The molecule has 2 aromatic heterocycles. The first-order valence-corrected chi connectivity index (χ1v) is 6.78. The Kier molecular flexibility index (Phi) is 3.40.